The average molecular weight is 230 g/mol. The van der Waals surface area contributed by atoms with Gasteiger partial charge in [0.05, 0.1) is 0 Å². The number of ketones is 1. The van der Waals surface area contributed by atoms with Crippen LogP contribution in [0.25, 0.3) is 0 Å². The van der Waals surface area contributed by atoms with Crippen molar-refractivity contribution in [2.24, 2.45) is 0 Å². The molecule has 0 aliphatic heterocycles. The van der Waals surface area contributed by atoms with Gasteiger partial charge in [0.15, 0.2) is 5.78 Å². The number of carbonyl (C=O) groups excluding carboxylic acids is 1. The van der Waals surface area contributed by atoms with Crippen LogP contribution in [0.3, 0.4) is 0 Å². The molecule has 0 aliphatic rings. The molecule has 1 nitrogen and oxygen atoms in total. The Kier molecular flexibility index (Phi) is 5.37. The lowest BCUT2D eigenvalue weighted by Gasteiger charge is -1.89. The molecule has 0 atom stereocenters. The Balaban J connectivity index is 0.000000165. The van der Waals surface area contributed by atoms with Crippen LogP contribution in [0.1, 0.15) is 17.3 Å². The van der Waals surface area contributed by atoms with Crippen molar-refractivity contribution in [1.82, 2.24) is 0 Å². The quantitative estimate of drug-likeness (QED) is 0.581. The fourth-order valence-electron chi connectivity index (χ4n) is 1.10. The van der Waals surface area contributed by atoms with Gasteiger partial charge < -0.3 is 0 Å². The lowest BCUT2D eigenvalue weighted by molar-refractivity contribution is 0.101. The standard InChI is InChI=1S/C8H8O.C6H6S/c1-7(9)8-5-3-2-4-6-8;7-6-4-2-1-3-5-6/h2-6H,1H3;1-5,7H. The van der Waals surface area contributed by atoms with Crippen molar-refractivity contribution in [2.75, 3.05) is 0 Å². The number of carbonyl (C=O) groups is 1. The molecule has 0 heterocycles. The van der Waals surface area contributed by atoms with Crippen LogP contribution < -0.4 is 0 Å². The highest BCUT2D eigenvalue weighted by Gasteiger charge is 1.92. The maximum absolute atomic E-state index is 10.6. The van der Waals surface area contributed by atoms with E-state index in [9.17, 15) is 4.79 Å². The second-order valence-corrected chi connectivity index (χ2v) is 3.77. The van der Waals surface area contributed by atoms with E-state index in [4.69, 9.17) is 0 Å². The third-order valence-electron chi connectivity index (χ3n) is 1.94. The zero-order valence-electron chi connectivity index (χ0n) is 9.13. The van der Waals surface area contributed by atoms with E-state index in [0.29, 0.717) is 0 Å². The molecule has 0 N–H and O–H groups in total. The average Bonchev–Trinajstić information content (AvgIpc) is 2.32. The molecule has 0 unspecified atom stereocenters. The molecular weight excluding hydrogens is 216 g/mol. The Morgan fingerprint density at radius 1 is 0.875 bits per heavy atom. The van der Waals surface area contributed by atoms with E-state index in [0.717, 1.165) is 10.5 Å². The van der Waals surface area contributed by atoms with Crippen molar-refractivity contribution in [3.8, 4) is 0 Å². The van der Waals surface area contributed by atoms with E-state index < -0.39 is 0 Å². The van der Waals surface area contributed by atoms with Crippen LogP contribution in [0.5, 0.6) is 0 Å². The maximum Gasteiger partial charge on any atom is 0.159 e. The van der Waals surface area contributed by atoms with Crippen LogP contribution in [0.2, 0.25) is 0 Å². The Labute approximate surface area is 102 Å². The molecule has 0 aromatic heterocycles. The predicted octanol–water partition coefficient (Wildman–Crippen LogP) is 3.86. The number of rotatable bonds is 1. The zero-order valence-corrected chi connectivity index (χ0v) is 10.0. The lowest BCUT2D eigenvalue weighted by atomic mass is 10.2. The largest absolute Gasteiger partial charge is 0.295 e. The summed E-state index contributed by atoms with van der Waals surface area (Å²) in [6, 6.07) is 19.0. The summed E-state index contributed by atoms with van der Waals surface area (Å²) in [5, 5.41) is 0. The molecule has 82 valence electrons. The van der Waals surface area contributed by atoms with Crippen molar-refractivity contribution < 1.29 is 4.79 Å². The second kappa shape index (κ2) is 6.85. The van der Waals surface area contributed by atoms with E-state index in [-0.39, 0.29) is 5.78 Å². The molecule has 2 heteroatoms. The summed E-state index contributed by atoms with van der Waals surface area (Å²) in [5.41, 5.74) is 0.775. The van der Waals surface area contributed by atoms with Gasteiger partial charge in [0.2, 0.25) is 0 Å². The van der Waals surface area contributed by atoms with Gasteiger partial charge in [0.25, 0.3) is 0 Å². The van der Waals surface area contributed by atoms with E-state index in [2.05, 4.69) is 12.6 Å². The van der Waals surface area contributed by atoms with Gasteiger partial charge in [-0.05, 0) is 19.1 Å². The van der Waals surface area contributed by atoms with Crippen molar-refractivity contribution in [3.05, 3.63) is 66.2 Å². The Hall–Kier alpha value is -1.54. The Bertz CT molecular complexity index is 423. The molecule has 0 saturated carbocycles. The van der Waals surface area contributed by atoms with E-state index >= 15 is 0 Å². The molecule has 2 aromatic rings. The molecule has 0 bridgehead atoms. The minimum absolute atomic E-state index is 0.121. The molecule has 2 aromatic carbocycles. The van der Waals surface area contributed by atoms with Crippen LogP contribution in [0.4, 0.5) is 0 Å². The van der Waals surface area contributed by atoms with Crippen LogP contribution in [0, 0.1) is 0 Å². The second-order valence-electron chi connectivity index (χ2n) is 3.26. The summed E-state index contributed by atoms with van der Waals surface area (Å²) >= 11 is 4.08. The van der Waals surface area contributed by atoms with Crippen LogP contribution >= 0.6 is 12.6 Å². The minimum Gasteiger partial charge on any atom is -0.295 e. The fraction of sp³-hybridized carbons (Fsp3) is 0.0714. The molecule has 16 heavy (non-hydrogen) atoms. The summed E-state index contributed by atoms with van der Waals surface area (Å²) in [6.07, 6.45) is 0. The van der Waals surface area contributed by atoms with E-state index in [1.807, 2.05) is 60.7 Å². The summed E-state index contributed by atoms with van der Waals surface area (Å²) in [6.45, 7) is 1.56. The monoisotopic (exact) mass is 230 g/mol. The van der Waals surface area contributed by atoms with Gasteiger partial charge in [-0.2, -0.15) is 0 Å². The predicted molar refractivity (Wildman–Crippen MR) is 70.1 cm³/mol. The first-order valence-electron chi connectivity index (χ1n) is 5.00. The van der Waals surface area contributed by atoms with E-state index in [1.54, 1.807) is 6.92 Å². The van der Waals surface area contributed by atoms with Crippen molar-refractivity contribution >= 4 is 18.4 Å². The SMILES string of the molecule is CC(=O)c1ccccc1.Sc1ccccc1. The van der Waals surface area contributed by atoms with Gasteiger partial charge >= 0.3 is 0 Å². The summed E-state index contributed by atoms with van der Waals surface area (Å²) < 4.78 is 0. The highest BCUT2D eigenvalue weighted by molar-refractivity contribution is 7.80. The molecule has 0 radical (unpaired) electrons. The fourth-order valence-corrected chi connectivity index (χ4v) is 1.27. The van der Waals surface area contributed by atoms with Gasteiger partial charge in [0, 0.05) is 10.5 Å². The van der Waals surface area contributed by atoms with Crippen molar-refractivity contribution in [2.45, 2.75) is 11.8 Å². The smallest absolute Gasteiger partial charge is 0.159 e. The molecule has 0 aliphatic carbocycles. The van der Waals surface area contributed by atoms with E-state index in [1.165, 1.54) is 0 Å². The first-order valence-corrected chi connectivity index (χ1v) is 5.45. The summed E-state index contributed by atoms with van der Waals surface area (Å²) in [7, 11) is 0. The topological polar surface area (TPSA) is 17.1 Å². The molecule has 0 spiro atoms. The van der Waals surface area contributed by atoms with Crippen LogP contribution in [-0.4, -0.2) is 5.78 Å². The summed E-state index contributed by atoms with van der Waals surface area (Å²) in [4.78, 5) is 11.7. The Morgan fingerprint density at radius 2 is 1.31 bits per heavy atom. The minimum atomic E-state index is 0.121. The number of hydrogen-bond acceptors (Lipinski definition) is 2. The van der Waals surface area contributed by atoms with Gasteiger partial charge in [0.1, 0.15) is 0 Å². The molecular formula is C14H14OS. The van der Waals surface area contributed by atoms with Crippen LogP contribution in [-0.2, 0) is 0 Å². The third-order valence-corrected chi connectivity index (χ3v) is 2.23. The highest BCUT2D eigenvalue weighted by Crippen LogP contribution is 2.00. The van der Waals surface area contributed by atoms with Crippen molar-refractivity contribution in [3.63, 3.8) is 0 Å². The Morgan fingerprint density at radius 3 is 1.56 bits per heavy atom. The van der Waals surface area contributed by atoms with Gasteiger partial charge in [-0.15, -0.1) is 12.6 Å². The number of hydrogen-bond donors (Lipinski definition) is 1. The molecule has 0 fully saturated rings. The lowest BCUT2D eigenvalue weighted by Crippen LogP contribution is -1.88. The van der Waals surface area contributed by atoms with Gasteiger partial charge in [-0.25, -0.2) is 0 Å². The number of benzene rings is 2. The highest BCUT2D eigenvalue weighted by atomic mass is 32.1. The third kappa shape index (κ3) is 4.80. The van der Waals surface area contributed by atoms with Crippen LogP contribution in [0.15, 0.2) is 65.6 Å². The zero-order chi connectivity index (χ0) is 11.8. The van der Waals surface area contributed by atoms with Gasteiger partial charge in [-0.3, -0.25) is 4.79 Å². The van der Waals surface area contributed by atoms with Gasteiger partial charge in [-0.1, -0.05) is 48.5 Å². The number of Topliss-reactive ketones (excluding diaryl/α,β-unsaturated/α-hetero) is 1. The number of thiol groups is 1. The first-order chi connectivity index (χ1) is 7.70. The molecule has 0 saturated heterocycles. The normalized spacial score (nSPS) is 8.88. The first kappa shape index (κ1) is 12.5. The van der Waals surface area contributed by atoms with Crippen molar-refractivity contribution in [1.29, 1.82) is 0 Å². The maximum atomic E-state index is 10.6. The molecule has 0 amide bonds. The molecule has 2 rings (SSSR count). The summed E-state index contributed by atoms with van der Waals surface area (Å²) in [5.74, 6) is 0.121.